The van der Waals surface area contributed by atoms with E-state index in [2.05, 4.69) is 63.7 Å². The summed E-state index contributed by atoms with van der Waals surface area (Å²) in [7, 11) is 0. The van der Waals surface area contributed by atoms with Crippen LogP contribution >= 0.6 is 0 Å². The van der Waals surface area contributed by atoms with E-state index in [1.54, 1.807) is 0 Å². The molecule has 0 aromatic heterocycles. The first-order valence-electron chi connectivity index (χ1n) is 10.8. The number of benzene rings is 1. The Morgan fingerprint density at radius 2 is 1.89 bits per heavy atom. The third-order valence-electron chi connectivity index (χ3n) is 5.66. The van der Waals surface area contributed by atoms with Crippen molar-refractivity contribution in [2.45, 2.75) is 51.9 Å². The molecule has 0 unspecified atom stereocenters. The number of anilines is 1. The van der Waals surface area contributed by atoms with Crippen LogP contribution in [0.1, 0.15) is 51.9 Å². The van der Waals surface area contributed by atoms with Crippen LogP contribution in [-0.2, 0) is 4.79 Å². The fraction of sp³-hybridized carbons (Fsp3) is 0.565. The lowest BCUT2D eigenvalue weighted by atomic mass is 10.1. The lowest BCUT2D eigenvalue weighted by molar-refractivity contribution is -0.121. The summed E-state index contributed by atoms with van der Waals surface area (Å²) in [5.41, 5.74) is 6.50. The predicted molar refractivity (Wildman–Crippen MR) is 117 cm³/mol. The molecule has 0 bridgehead atoms. The van der Waals surface area contributed by atoms with E-state index in [9.17, 15) is 4.79 Å². The molecule has 1 aliphatic heterocycles. The highest BCUT2D eigenvalue weighted by Crippen LogP contribution is 2.21. The van der Waals surface area contributed by atoms with Crippen LogP contribution in [0.3, 0.4) is 0 Å². The Labute approximate surface area is 169 Å². The minimum absolute atomic E-state index is 0.0257. The highest BCUT2D eigenvalue weighted by atomic mass is 16.2. The highest BCUT2D eigenvalue weighted by molar-refractivity contribution is 6.02. The third-order valence-corrected chi connectivity index (χ3v) is 5.66. The molecule has 152 valence electrons. The maximum atomic E-state index is 12.2. The Balaban J connectivity index is 1.35. The Kier molecular flexibility index (Phi) is 8.09. The molecule has 0 spiro atoms. The lowest BCUT2D eigenvalue weighted by Crippen LogP contribution is -2.47. The van der Waals surface area contributed by atoms with Crippen LogP contribution in [0.5, 0.6) is 0 Å². The molecule has 1 fully saturated rings. The average Bonchev–Trinajstić information content (AvgIpc) is 3.19. The first kappa shape index (κ1) is 20.6. The molecule has 5 heteroatoms. The van der Waals surface area contributed by atoms with Crippen LogP contribution in [0.25, 0.3) is 0 Å². The summed E-state index contributed by atoms with van der Waals surface area (Å²) in [5, 5.41) is 4.42. The number of piperazine rings is 1. The number of hydrogen-bond donors (Lipinski definition) is 1. The van der Waals surface area contributed by atoms with Crippen LogP contribution in [-0.4, -0.2) is 49.2 Å². The van der Waals surface area contributed by atoms with Gasteiger partial charge in [-0.05, 0) is 43.4 Å². The van der Waals surface area contributed by atoms with Gasteiger partial charge < -0.3 is 4.90 Å². The summed E-state index contributed by atoms with van der Waals surface area (Å²) in [6, 6.07) is 10.5. The van der Waals surface area contributed by atoms with Gasteiger partial charge in [0.15, 0.2) is 0 Å². The summed E-state index contributed by atoms with van der Waals surface area (Å²) in [4.78, 5) is 17.0. The van der Waals surface area contributed by atoms with Gasteiger partial charge in [-0.3, -0.25) is 9.69 Å². The van der Waals surface area contributed by atoms with Gasteiger partial charge >= 0.3 is 0 Å². The molecule has 1 amide bonds. The fourth-order valence-electron chi connectivity index (χ4n) is 3.91. The van der Waals surface area contributed by atoms with E-state index in [1.165, 1.54) is 30.5 Å². The van der Waals surface area contributed by atoms with Crippen molar-refractivity contribution in [3.63, 3.8) is 0 Å². The Bertz CT molecular complexity index is 675. The van der Waals surface area contributed by atoms with Crippen LogP contribution in [0.4, 0.5) is 5.69 Å². The third kappa shape index (κ3) is 6.20. The molecule has 1 N–H and O–H groups in total. The Morgan fingerprint density at radius 3 is 2.64 bits per heavy atom. The van der Waals surface area contributed by atoms with Crippen LogP contribution in [0.15, 0.2) is 47.1 Å². The molecule has 0 radical (unpaired) electrons. The van der Waals surface area contributed by atoms with E-state index >= 15 is 0 Å². The molecule has 1 aromatic carbocycles. The van der Waals surface area contributed by atoms with Gasteiger partial charge in [0.2, 0.25) is 5.91 Å². The Morgan fingerprint density at radius 1 is 1.11 bits per heavy atom. The normalized spacial score (nSPS) is 19.1. The predicted octanol–water partition coefficient (Wildman–Crippen LogP) is 3.97. The number of nitrogens with zero attached hydrogens (tertiary/aromatic N) is 3. The number of unbranched alkanes of at least 4 members (excludes halogenated alkanes) is 2. The fourth-order valence-corrected chi connectivity index (χ4v) is 3.91. The molecule has 5 nitrogen and oxygen atoms in total. The monoisotopic (exact) mass is 382 g/mol. The molecule has 28 heavy (non-hydrogen) atoms. The molecule has 0 saturated carbocycles. The second kappa shape index (κ2) is 11.0. The smallest absolute Gasteiger partial charge is 0.241 e. The average molecular weight is 383 g/mol. The number of hydrazone groups is 1. The van der Waals surface area contributed by atoms with Crippen molar-refractivity contribution in [3.05, 3.63) is 42.0 Å². The van der Waals surface area contributed by atoms with E-state index in [-0.39, 0.29) is 5.91 Å². The topological polar surface area (TPSA) is 47.9 Å². The molecule has 1 saturated heterocycles. The molecular formula is C23H34N4O. The largest absolute Gasteiger partial charge is 0.369 e. The Hall–Kier alpha value is -2.14. The quantitative estimate of drug-likeness (QED) is 0.519. The molecular weight excluding hydrogens is 348 g/mol. The number of amides is 1. The first-order valence-corrected chi connectivity index (χ1v) is 10.8. The summed E-state index contributed by atoms with van der Waals surface area (Å²) >= 11 is 0. The van der Waals surface area contributed by atoms with Crippen molar-refractivity contribution in [3.8, 4) is 0 Å². The van der Waals surface area contributed by atoms with Crippen molar-refractivity contribution < 1.29 is 4.79 Å². The number of para-hydroxylation sites is 1. The summed E-state index contributed by atoms with van der Waals surface area (Å²) in [5.74, 6) is 0.0257. The van der Waals surface area contributed by atoms with Gasteiger partial charge in [-0.1, -0.05) is 44.0 Å². The minimum atomic E-state index is 0.0257. The van der Waals surface area contributed by atoms with Crippen molar-refractivity contribution in [1.82, 2.24) is 10.3 Å². The highest BCUT2D eigenvalue weighted by Gasteiger charge is 2.18. The van der Waals surface area contributed by atoms with Crippen molar-refractivity contribution >= 4 is 17.3 Å². The maximum Gasteiger partial charge on any atom is 0.241 e. The zero-order chi connectivity index (χ0) is 19.6. The number of nitrogens with one attached hydrogen (secondary N) is 1. The van der Waals surface area contributed by atoms with E-state index in [1.807, 2.05) is 0 Å². The van der Waals surface area contributed by atoms with Gasteiger partial charge in [0.1, 0.15) is 0 Å². The van der Waals surface area contributed by atoms with Crippen molar-refractivity contribution in [1.29, 1.82) is 0 Å². The maximum absolute atomic E-state index is 12.2. The van der Waals surface area contributed by atoms with Gasteiger partial charge in [0, 0.05) is 44.8 Å². The van der Waals surface area contributed by atoms with E-state index in [0.29, 0.717) is 6.42 Å². The number of hydrogen-bond acceptors (Lipinski definition) is 4. The van der Waals surface area contributed by atoms with Gasteiger partial charge in [-0.25, -0.2) is 5.43 Å². The minimum Gasteiger partial charge on any atom is -0.369 e. The summed E-state index contributed by atoms with van der Waals surface area (Å²) in [6.07, 6.45) is 9.61. The molecule has 3 rings (SSSR count). The number of rotatable bonds is 9. The van der Waals surface area contributed by atoms with Crippen molar-refractivity contribution in [2.24, 2.45) is 5.10 Å². The zero-order valence-corrected chi connectivity index (χ0v) is 17.2. The molecule has 1 heterocycles. The van der Waals surface area contributed by atoms with E-state index in [0.717, 1.165) is 57.7 Å². The van der Waals surface area contributed by atoms with Gasteiger partial charge in [0.25, 0.3) is 0 Å². The molecule has 1 aromatic rings. The second-order valence-corrected chi connectivity index (χ2v) is 7.73. The summed E-state index contributed by atoms with van der Waals surface area (Å²) < 4.78 is 0. The van der Waals surface area contributed by atoms with Gasteiger partial charge in [-0.2, -0.15) is 5.10 Å². The SMILES string of the molecule is CCCCCC1=CCC/C1=N\NC(=O)CCN1CCN(c2ccccc2)CC1. The second-order valence-electron chi connectivity index (χ2n) is 7.73. The van der Waals surface area contributed by atoms with E-state index < -0.39 is 0 Å². The molecule has 1 aliphatic carbocycles. The first-order chi connectivity index (χ1) is 13.8. The summed E-state index contributed by atoms with van der Waals surface area (Å²) in [6.45, 7) is 7.06. The number of carbonyl (C=O) groups excluding carboxylic acids is 1. The molecule has 2 aliphatic rings. The van der Waals surface area contributed by atoms with Gasteiger partial charge in [-0.15, -0.1) is 0 Å². The van der Waals surface area contributed by atoms with Crippen LogP contribution in [0, 0.1) is 0 Å². The zero-order valence-electron chi connectivity index (χ0n) is 17.2. The standard InChI is InChI=1S/C23H34N4O/c1-2-3-5-9-20-10-8-13-22(20)24-25-23(28)14-15-26-16-18-27(19-17-26)21-11-6-4-7-12-21/h4,6-7,10-12H,2-3,5,8-9,13-19H2,1H3,(H,25,28)/b24-22+. The van der Waals surface area contributed by atoms with Crippen LogP contribution < -0.4 is 10.3 Å². The van der Waals surface area contributed by atoms with Gasteiger partial charge in [0.05, 0.1) is 5.71 Å². The number of carbonyl (C=O) groups is 1. The molecule has 0 atom stereocenters. The van der Waals surface area contributed by atoms with E-state index in [4.69, 9.17) is 0 Å². The number of allylic oxidation sites excluding steroid dienone is 2. The lowest BCUT2D eigenvalue weighted by Gasteiger charge is -2.36. The van der Waals surface area contributed by atoms with Crippen molar-refractivity contribution in [2.75, 3.05) is 37.6 Å². The van der Waals surface area contributed by atoms with Crippen LogP contribution in [0.2, 0.25) is 0 Å².